The van der Waals surface area contributed by atoms with E-state index in [2.05, 4.69) is 4.98 Å². The number of hydrogen-bond acceptors (Lipinski definition) is 4. The van der Waals surface area contributed by atoms with Crippen molar-refractivity contribution >= 4 is 11.7 Å². The molecule has 2 aromatic rings. The van der Waals surface area contributed by atoms with Gasteiger partial charge in [-0.25, -0.2) is 14.2 Å². The Morgan fingerprint density at radius 1 is 1.25 bits per heavy atom. The monoisotopic (exact) mass is 384 g/mol. The third-order valence-corrected chi connectivity index (χ3v) is 4.27. The summed E-state index contributed by atoms with van der Waals surface area (Å²) in [6.07, 6.45) is 3.88. The molecule has 3 rings (SSSR count). The molecule has 0 atom stereocenters. The maximum Gasteiger partial charge on any atom is 0.410 e. The molecule has 1 aromatic heterocycles. The molecule has 0 bridgehead atoms. The minimum absolute atomic E-state index is 0.136. The van der Waals surface area contributed by atoms with Crippen LogP contribution in [0.1, 0.15) is 38.3 Å². The van der Waals surface area contributed by atoms with E-state index in [9.17, 15) is 9.18 Å². The molecule has 1 aromatic carbocycles. The highest BCUT2D eigenvalue weighted by molar-refractivity contribution is 5.74. The zero-order valence-corrected chi connectivity index (χ0v) is 16.7. The van der Waals surface area contributed by atoms with Crippen molar-refractivity contribution in [1.29, 1.82) is 0 Å². The second kappa shape index (κ2) is 8.00. The fraction of sp³-hybridized carbons (Fsp3) is 0.364. The molecule has 5 nitrogen and oxygen atoms in total. The second-order valence-electron chi connectivity index (χ2n) is 7.80. The van der Waals surface area contributed by atoms with Crippen molar-refractivity contribution in [2.24, 2.45) is 0 Å². The van der Waals surface area contributed by atoms with Gasteiger partial charge in [-0.3, -0.25) is 0 Å². The van der Waals surface area contributed by atoms with Crippen LogP contribution in [0.25, 0.3) is 5.57 Å². The Morgan fingerprint density at radius 3 is 2.68 bits per heavy atom. The lowest BCUT2D eigenvalue weighted by Crippen LogP contribution is -2.39. The predicted molar refractivity (Wildman–Crippen MR) is 106 cm³/mol. The number of aryl methyl sites for hydroxylation is 1. The van der Waals surface area contributed by atoms with Crippen molar-refractivity contribution in [1.82, 2.24) is 9.88 Å². The lowest BCUT2D eigenvalue weighted by molar-refractivity contribution is 0.0270. The molecule has 148 valence electrons. The van der Waals surface area contributed by atoms with Gasteiger partial charge in [0.05, 0.1) is 0 Å². The van der Waals surface area contributed by atoms with Crippen LogP contribution in [0.5, 0.6) is 11.6 Å². The van der Waals surface area contributed by atoms with Crippen LogP contribution in [0.2, 0.25) is 0 Å². The quantitative estimate of drug-likeness (QED) is 0.716. The molecular weight excluding hydrogens is 359 g/mol. The first-order valence-corrected chi connectivity index (χ1v) is 9.29. The van der Waals surface area contributed by atoms with Gasteiger partial charge in [0.15, 0.2) is 11.6 Å². The number of carbonyl (C=O) groups excluding carboxylic acids is 1. The minimum atomic E-state index is -0.524. The van der Waals surface area contributed by atoms with Crippen molar-refractivity contribution in [2.75, 3.05) is 13.1 Å². The molecule has 1 amide bonds. The van der Waals surface area contributed by atoms with Gasteiger partial charge in [0.25, 0.3) is 0 Å². The van der Waals surface area contributed by atoms with Crippen molar-refractivity contribution in [3.05, 3.63) is 59.5 Å². The van der Waals surface area contributed by atoms with Gasteiger partial charge in [-0.15, -0.1) is 0 Å². The van der Waals surface area contributed by atoms with Gasteiger partial charge in [-0.05, 0) is 69.5 Å². The van der Waals surface area contributed by atoms with Crippen molar-refractivity contribution in [2.45, 2.75) is 39.7 Å². The SMILES string of the molecule is Cc1ccc(Oc2ncccc2C2=CCN(C(=O)OC(C)(C)C)CC2)c(F)c1. The van der Waals surface area contributed by atoms with Crippen LogP contribution >= 0.6 is 0 Å². The molecule has 0 spiro atoms. The van der Waals surface area contributed by atoms with Gasteiger partial charge in [0.2, 0.25) is 5.88 Å². The first-order valence-electron chi connectivity index (χ1n) is 9.29. The van der Waals surface area contributed by atoms with E-state index in [1.807, 2.05) is 45.9 Å². The van der Waals surface area contributed by atoms with E-state index in [0.29, 0.717) is 25.4 Å². The molecule has 1 aliphatic heterocycles. The Morgan fingerprint density at radius 2 is 2.04 bits per heavy atom. The second-order valence-corrected chi connectivity index (χ2v) is 7.80. The van der Waals surface area contributed by atoms with Gasteiger partial charge < -0.3 is 14.4 Å². The third kappa shape index (κ3) is 4.88. The third-order valence-electron chi connectivity index (χ3n) is 4.27. The molecule has 0 saturated carbocycles. The summed E-state index contributed by atoms with van der Waals surface area (Å²) in [6.45, 7) is 8.34. The number of pyridine rings is 1. The number of nitrogens with zero attached hydrogens (tertiary/aromatic N) is 2. The molecule has 0 N–H and O–H groups in total. The summed E-state index contributed by atoms with van der Waals surface area (Å²) in [6, 6.07) is 8.52. The number of ether oxygens (including phenoxy) is 2. The van der Waals surface area contributed by atoms with Crippen molar-refractivity contribution < 1.29 is 18.7 Å². The molecule has 6 heteroatoms. The van der Waals surface area contributed by atoms with E-state index in [0.717, 1.165) is 16.7 Å². The highest BCUT2D eigenvalue weighted by atomic mass is 19.1. The van der Waals surface area contributed by atoms with E-state index in [1.54, 1.807) is 23.2 Å². The van der Waals surface area contributed by atoms with Crippen molar-refractivity contribution in [3.8, 4) is 11.6 Å². The van der Waals surface area contributed by atoms with Gasteiger partial charge in [-0.2, -0.15) is 0 Å². The summed E-state index contributed by atoms with van der Waals surface area (Å²) in [7, 11) is 0. The highest BCUT2D eigenvalue weighted by Gasteiger charge is 2.25. The van der Waals surface area contributed by atoms with E-state index >= 15 is 0 Å². The standard InChI is InChI=1S/C22H25FN2O3/c1-15-7-8-19(18(23)14-15)27-20-17(6-5-11-24-20)16-9-12-25(13-10-16)21(26)28-22(2,3)4/h5-9,11,14H,10,12-13H2,1-4H3. The summed E-state index contributed by atoms with van der Waals surface area (Å²) in [5, 5.41) is 0. The summed E-state index contributed by atoms with van der Waals surface area (Å²) < 4.78 is 25.3. The Balaban J connectivity index is 1.77. The number of hydrogen-bond donors (Lipinski definition) is 0. The van der Waals surface area contributed by atoms with Crippen LogP contribution in [0.3, 0.4) is 0 Å². The average Bonchev–Trinajstić information content (AvgIpc) is 2.63. The average molecular weight is 384 g/mol. The maximum absolute atomic E-state index is 14.2. The fourth-order valence-corrected chi connectivity index (χ4v) is 2.92. The van der Waals surface area contributed by atoms with Gasteiger partial charge >= 0.3 is 6.09 Å². The minimum Gasteiger partial charge on any atom is -0.444 e. The zero-order valence-electron chi connectivity index (χ0n) is 16.7. The highest BCUT2D eigenvalue weighted by Crippen LogP contribution is 2.32. The van der Waals surface area contributed by atoms with Crippen LogP contribution in [0.4, 0.5) is 9.18 Å². The molecule has 0 radical (unpaired) electrons. The van der Waals surface area contributed by atoms with Gasteiger partial charge in [0.1, 0.15) is 5.60 Å². The molecule has 0 aliphatic carbocycles. The van der Waals surface area contributed by atoms with Gasteiger partial charge in [-0.1, -0.05) is 12.1 Å². The smallest absolute Gasteiger partial charge is 0.410 e. The first kappa shape index (κ1) is 19.9. The number of carbonyl (C=O) groups is 1. The van der Waals surface area contributed by atoms with Crippen LogP contribution < -0.4 is 4.74 Å². The molecular formula is C22H25FN2O3. The first-order chi connectivity index (χ1) is 13.2. The topological polar surface area (TPSA) is 51.7 Å². The Labute approximate surface area is 164 Å². The summed E-state index contributed by atoms with van der Waals surface area (Å²) >= 11 is 0. The van der Waals surface area contributed by atoms with Gasteiger partial charge in [0, 0.05) is 24.8 Å². The fourth-order valence-electron chi connectivity index (χ4n) is 2.92. The van der Waals surface area contributed by atoms with Crippen LogP contribution in [0.15, 0.2) is 42.6 Å². The summed E-state index contributed by atoms with van der Waals surface area (Å²) in [5.74, 6) is 0.0601. The summed E-state index contributed by atoms with van der Waals surface area (Å²) in [4.78, 5) is 18.2. The largest absolute Gasteiger partial charge is 0.444 e. The van der Waals surface area contributed by atoms with Crippen LogP contribution in [-0.2, 0) is 4.74 Å². The zero-order chi connectivity index (χ0) is 20.3. The Hall–Kier alpha value is -2.89. The number of aromatic nitrogens is 1. The summed E-state index contributed by atoms with van der Waals surface area (Å²) in [5.41, 5.74) is 2.11. The predicted octanol–water partition coefficient (Wildman–Crippen LogP) is 5.35. The molecule has 0 saturated heterocycles. The van der Waals surface area contributed by atoms with Crippen LogP contribution in [0, 0.1) is 12.7 Å². The number of halogens is 1. The lowest BCUT2D eigenvalue weighted by Gasteiger charge is -2.29. The lowest BCUT2D eigenvalue weighted by atomic mass is 10.0. The molecule has 2 heterocycles. The molecule has 1 aliphatic rings. The number of benzene rings is 1. The molecule has 28 heavy (non-hydrogen) atoms. The van der Waals surface area contributed by atoms with Crippen molar-refractivity contribution in [3.63, 3.8) is 0 Å². The Kier molecular flexibility index (Phi) is 5.68. The van der Waals surface area contributed by atoms with E-state index in [-0.39, 0.29) is 11.8 Å². The normalized spacial score (nSPS) is 14.5. The number of rotatable bonds is 3. The van der Waals surface area contributed by atoms with Crippen LogP contribution in [-0.4, -0.2) is 34.7 Å². The van der Waals surface area contributed by atoms with E-state index in [1.165, 1.54) is 6.07 Å². The van der Waals surface area contributed by atoms with E-state index in [4.69, 9.17) is 9.47 Å². The maximum atomic E-state index is 14.2. The molecule has 0 unspecified atom stereocenters. The molecule has 0 fully saturated rings. The Bertz CT molecular complexity index is 903. The van der Waals surface area contributed by atoms with E-state index < -0.39 is 11.4 Å². The number of amides is 1.